The van der Waals surface area contributed by atoms with Crippen LogP contribution in [-0.4, -0.2) is 80.1 Å². The van der Waals surface area contributed by atoms with Crippen molar-refractivity contribution in [3.8, 4) is 11.5 Å². The Morgan fingerprint density at radius 3 is 2.63 bits per heavy atom. The molecule has 38 heavy (non-hydrogen) atoms. The lowest BCUT2D eigenvalue weighted by Crippen LogP contribution is -2.44. The summed E-state index contributed by atoms with van der Waals surface area (Å²) in [7, 11) is 5.37. The molecule has 5 rings (SSSR count). The molecule has 0 unspecified atom stereocenters. The summed E-state index contributed by atoms with van der Waals surface area (Å²) in [4.78, 5) is 29.9. The minimum Gasteiger partial charge on any atom is -0.497 e. The van der Waals surface area contributed by atoms with Gasteiger partial charge in [0.1, 0.15) is 11.5 Å². The van der Waals surface area contributed by atoms with Gasteiger partial charge in [0.2, 0.25) is 5.78 Å². The van der Waals surface area contributed by atoms with Gasteiger partial charge in [-0.15, -0.1) is 0 Å². The highest BCUT2D eigenvalue weighted by Crippen LogP contribution is 2.37. The van der Waals surface area contributed by atoms with Crippen LogP contribution in [0, 0.1) is 6.92 Å². The van der Waals surface area contributed by atoms with Crippen molar-refractivity contribution in [3.05, 3.63) is 59.0 Å². The number of likely N-dealkylation sites (N-methyl/N-ethyl adjacent to an activating group) is 1. The maximum Gasteiger partial charge on any atom is 0.318 e. The molecule has 0 spiro atoms. The average Bonchev–Trinajstić information content (AvgIpc) is 3.37. The lowest BCUT2D eigenvalue weighted by atomic mass is 10.1. The number of benzene rings is 2. The number of hydrogen-bond donors (Lipinski definition) is 2. The van der Waals surface area contributed by atoms with Crippen LogP contribution in [-0.2, 0) is 6.54 Å². The summed E-state index contributed by atoms with van der Waals surface area (Å²) in [5, 5.41) is 6.23. The molecule has 0 aliphatic carbocycles. The van der Waals surface area contributed by atoms with Crippen molar-refractivity contribution >= 4 is 34.5 Å². The Morgan fingerprint density at radius 2 is 1.89 bits per heavy atom. The van der Waals surface area contributed by atoms with Gasteiger partial charge in [-0.2, -0.15) is 0 Å². The van der Waals surface area contributed by atoms with Gasteiger partial charge in [0.05, 0.1) is 12.7 Å². The maximum atomic E-state index is 13.3. The van der Waals surface area contributed by atoms with Gasteiger partial charge >= 0.3 is 6.03 Å². The zero-order valence-electron chi connectivity index (χ0n) is 22.5. The second-order valence-corrected chi connectivity index (χ2v) is 9.89. The Kier molecular flexibility index (Phi) is 7.40. The molecule has 2 N–H and O–H groups in total. The summed E-state index contributed by atoms with van der Waals surface area (Å²) in [6.07, 6.45) is 2.88. The Hall–Kier alpha value is -3.82. The minimum absolute atomic E-state index is 0.209. The van der Waals surface area contributed by atoms with E-state index in [1.165, 1.54) is 7.05 Å². The molecule has 9 nitrogen and oxygen atoms in total. The number of piperazine rings is 1. The monoisotopic (exact) mass is 517 g/mol. The van der Waals surface area contributed by atoms with Crippen LogP contribution in [0.5, 0.6) is 11.5 Å². The van der Waals surface area contributed by atoms with Crippen LogP contribution in [0.2, 0.25) is 0 Å². The Morgan fingerprint density at radius 1 is 1.11 bits per heavy atom. The molecule has 0 atom stereocenters. The van der Waals surface area contributed by atoms with Crippen molar-refractivity contribution in [2.24, 2.45) is 0 Å². The van der Waals surface area contributed by atoms with E-state index in [0.29, 0.717) is 17.0 Å². The summed E-state index contributed by atoms with van der Waals surface area (Å²) in [5.74, 6) is 1.30. The van der Waals surface area contributed by atoms with Crippen molar-refractivity contribution in [2.45, 2.75) is 19.9 Å². The van der Waals surface area contributed by atoms with Crippen LogP contribution in [0.15, 0.2) is 42.2 Å². The number of nitrogens with zero attached hydrogens (tertiary/aromatic N) is 3. The molecular weight excluding hydrogens is 482 g/mol. The molecule has 0 saturated carbocycles. The molecule has 2 aliphatic heterocycles. The number of aromatic nitrogens is 1. The zero-order chi connectivity index (χ0) is 26.8. The molecule has 2 amide bonds. The van der Waals surface area contributed by atoms with Gasteiger partial charge in [-0.05, 0) is 69.4 Å². The van der Waals surface area contributed by atoms with Gasteiger partial charge in [-0.25, -0.2) is 4.79 Å². The van der Waals surface area contributed by atoms with Crippen molar-refractivity contribution in [3.63, 3.8) is 0 Å². The number of aryl methyl sites for hydroxylation is 1. The number of methoxy groups -OCH3 is 1. The van der Waals surface area contributed by atoms with Gasteiger partial charge in [0, 0.05) is 67.6 Å². The Bertz CT molecular complexity index is 1400. The number of ketones is 1. The third kappa shape index (κ3) is 5.12. The van der Waals surface area contributed by atoms with Gasteiger partial charge in [-0.3, -0.25) is 4.79 Å². The molecule has 3 aromatic rings. The van der Waals surface area contributed by atoms with Crippen LogP contribution in [0.4, 0.5) is 10.5 Å². The lowest BCUT2D eigenvalue weighted by Gasteiger charge is -2.32. The number of hydrogen-bond acceptors (Lipinski definition) is 6. The van der Waals surface area contributed by atoms with E-state index in [1.54, 1.807) is 25.3 Å². The lowest BCUT2D eigenvalue weighted by molar-refractivity contribution is 0.101. The number of carbonyl (C=O) groups excluding carboxylic acids is 2. The highest BCUT2D eigenvalue weighted by atomic mass is 16.5. The van der Waals surface area contributed by atoms with E-state index in [2.05, 4.69) is 45.0 Å². The molecule has 2 aromatic carbocycles. The normalized spacial score (nSPS) is 17.1. The van der Waals surface area contributed by atoms with E-state index < -0.39 is 0 Å². The first-order valence-corrected chi connectivity index (χ1v) is 13.0. The van der Waals surface area contributed by atoms with Crippen LogP contribution in [0.25, 0.3) is 17.0 Å². The average molecular weight is 518 g/mol. The fourth-order valence-corrected chi connectivity index (χ4v) is 5.20. The number of urea groups is 1. The number of carbonyl (C=O) groups is 2. The van der Waals surface area contributed by atoms with Crippen LogP contribution in [0.3, 0.4) is 0 Å². The molecule has 1 aromatic heterocycles. The van der Waals surface area contributed by atoms with E-state index in [4.69, 9.17) is 9.47 Å². The van der Waals surface area contributed by atoms with E-state index in [0.717, 1.165) is 73.6 Å². The molecule has 0 bridgehead atoms. The second-order valence-electron chi connectivity index (χ2n) is 9.89. The quantitative estimate of drug-likeness (QED) is 0.462. The largest absolute Gasteiger partial charge is 0.497 e. The third-order valence-electron chi connectivity index (χ3n) is 7.46. The van der Waals surface area contributed by atoms with E-state index in [9.17, 15) is 9.59 Å². The molecular formula is C29H35N5O4. The predicted octanol–water partition coefficient (Wildman–Crippen LogP) is 3.96. The molecule has 9 heteroatoms. The number of anilines is 1. The third-order valence-corrected chi connectivity index (χ3v) is 7.46. The number of fused-ring (bicyclic) bond motifs is 2. The molecule has 200 valence electrons. The smallest absolute Gasteiger partial charge is 0.318 e. The van der Waals surface area contributed by atoms with Crippen molar-refractivity contribution < 1.29 is 19.1 Å². The molecule has 2 aliphatic rings. The maximum absolute atomic E-state index is 13.3. The first kappa shape index (κ1) is 25.8. The first-order valence-electron chi connectivity index (χ1n) is 13.0. The number of nitrogens with one attached hydrogen (secondary N) is 2. The van der Waals surface area contributed by atoms with Crippen LogP contribution in [0.1, 0.15) is 28.0 Å². The van der Waals surface area contributed by atoms with Gasteiger partial charge in [0.15, 0.2) is 5.76 Å². The summed E-state index contributed by atoms with van der Waals surface area (Å²) < 4.78 is 13.8. The van der Waals surface area contributed by atoms with E-state index in [1.807, 2.05) is 18.2 Å². The van der Waals surface area contributed by atoms with Crippen LogP contribution < -0.4 is 20.1 Å². The van der Waals surface area contributed by atoms with E-state index in [-0.39, 0.29) is 17.6 Å². The molecule has 1 fully saturated rings. The number of amides is 2. The predicted molar refractivity (Wildman–Crippen MR) is 149 cm³/mol. The Labute approximate surface area is 223 Å². The number of ether oxygens (including phenoxy) is 2. The number of rotatable bonds is 7. The second kappa shape index (κ2) is 10.9. The van der Waals surface area contributed by atoms with Crippen molar-refractivity contribution in [1.29, 1.82) is 0 Å². The Balaban J connectivity index is 1.42. The number of Topliss-reactive ketones (excluding diaryl/α,β-unsaturated/α-hetero) is 1. The highest BCUT2D eigenvalue weighted by Gasteiger charge is 2.29. The van der Waals surface area contributed by atoms with Crippen molar-refractivity contribution in [2.75, 3.05) is 59.2 Å². The summed E-state index contributed by atoms with van der Waals surface area (Å²) in [6, 6.07) is 10.8. The van der Waals surface area contributed by atoms with Crippen LogP contribution >= 0.6 is 0 Å². The standard InChI is InChI=1S/C29H35N5O4/c1-19-22(18-27-28(35)24-16-20(31-29(36)30-2)6-9-26(24)38-27)23-17-21(37-4)7-8-25(23)34(19)11-5-10-33-14-12-32(3)13-15-33/h6-9,16-18H,5,10-15H2,1-4H3,(H2,30,31,36). The van der Waals surface area contributed by atoms with Gasteiger partial charge in [-0.1, -0.05) is 0 Å². The molecule has 0 radical (unpaired) electrons. The topological polar surface area (TPSA) is 88.1 Å². The minimum atomic E-state index is -0.350. The summed E-state index contributed by atoms with van der Waals surface area (Å²) in [6.45, 7) is 8.47. The summed E-state index contributed by atoms with van der Waals surface area (Å²) in [5.41, 5.74) is 4.08. The van der Waals surface area contributed by atoms with Gasteiger partial charge < -0.3 is 34.5 Å². The highest BCUT2D eigenvalue weighted by molar-refractivity contribution is 6.16. The fourth-order valence-electron chi connectivity index (χ4n) is 5.20. The van der Waals surface area contributed by atoms with Crippen molar-refractivity contribution in [1.82, 2.24) is 19.7 Å². The SMILES string of the molecule is CNC(=O)Nc1ccc2c(c1)C(=O)C(=Cc1c(C)n(CCCN3CCN(C)CC3)c3ccc(OC)cc13)O2. The molecule has 1 saturated heterocycles. The van der Waals surface area contributed by atoms with Gasteiger partial charge in [0.25, 0.3) is 0 Å². The zero-order valence-corrected chi connectivity index (χ0v) is 22.5. The van der Waals surface area contributed by atoms with E-state index >= 15 is 0 Å². The first-order chi connectivity index (χ1) is 18.4. The number of allylic oxidation sites excluding steroid dienone is 1. The summed E-state index contributed by atoms with van der Waals surface area (Å²) >= 11 is 0. The molecule has 3 heterocycles. The fraction of sp³-hybridized carbons (Fsp3) is 0.379.